The molecule has 1 heterocycles. The average Bonchev–Trinajstić information content (AvgIpc) is 2.72. The first kappa shape index (κ1) is 15.2. The Morgan fingerprint density at radius 1 is 1.11 bits per heavy atom. The van der Waals surface area contributed by atoms with Gasteiger partial charge < -0.3 is 5.32 Å². The molecule has 0 saturated carbocycles. The van der Waals surface area contributed by atoms with Crippen LogP contribution in [0.5, 0.6) is 0 Å². The lowest BCUT2D eigenvalue weighted by Crippen LogP contribution is -2.11. The van der Waals surface area contributed by atoms with Crippen LogP contribution in [0, 0.1) is 6.92 Å². The summed E-state index contributed by atoms with van der Waals surface area (Å²) in [7, 11) is 0. The van der Waals surface area contributed by atoms with E-state index in [1.54, 1.807) is 0 Å². The van der Waals surface area contributed by atoms with Crippen LogP contribution in [-0.2, 0) is 13.1 Å². The van der Waals surface area contributed by atoms with Crippen LogP contribution in [0.15, 0.2) is 6.20 Å². The molecule has 0 radical (unpaired) electrons. The summed E-state index contributed by atoms with van der Waals surface area (Å²) in [4.78, 5) is 0. The van der Waals surface area contributed by atoms with E-state index in [0.717, 1.165) is 19.6 Å². The third-order valence-corrected chi connectivity index (χ3v) is 3.35. The molecule has 0 fully saturated rings. The van der Waals surface area contributed by atoms with Crippen molar-refractivity contribution in [3.63, 3.8) is 0 Å². The van der Waals surface area contributed by atoms with E-state index in [9.17, 15) is 0 Å². The first-order valence-corrected chi connectivity index (χ1v) is 7.51. The smallest absolute Gasteiger partial charge is 0.0638 e. The Hall–Kier alpha value is -0.830. The predicted molar refractivity (Wildman–Crippen MR) is 77.7 cm³/mol. The lowest BCUT2D eigenvalue weighted by molar-refractivity contribution is 0.525. The molecule has 0 aliphatic rings. The molecule has 0 spiro atoms. The number of nitrogens with zero attached hydrogens (tertiary/aromatic N) is 2. The molecular formula is C15H29N3. The maximum atomic E-state index is 4.57. The van der Waals surface area contributed by atoms with Crippen molar-refractivity contribution >= 4 is 0 Å². The standard InChI is InChI=1S/C15H29N3/c1-4-6-7-8-9-10-11-18-13-15(12-16-5-2)14(3)17-18/h13,16H,4-12H2,1-3H3. The second kappa shape index (κ2) is 9.15. The SMILES string of the molecule is CCCCCCCCn1cc(CNCC)c(C)n1. The van der Waals surface area contributed by atoms with Crippen molar-refractivity contribution in [2.75, 3.05) is 6.54 Å². The van der Waals surface area contributed by atoms with Crippen LogP contribution >= 0.6 is 0 Å². The van der Waals surface area contributed by atoms with Gasteiger partial charge in [-0.1, -0.05) is 46.0 Å². The van der Waals surface area contributed by atoms with Gasteiger partial charge in [-0.3, -0.25) is 4.68 Å². The number of nitrogens with one attached hydrogen (secondary N) is 1. The van der Waals surface area contributed by atoms with Crippen molar-refractivity contribution in [1.82, 2.24) is 15.1 Å². The molecule has 104 valence electrons. The zero-order chi connectivity index (χ0) is 13.2. The molecule has 1 N–H and O–H groups in total. The Kier molecular flexibility index (Phi) is 7.74. The molecular weight excluding hydrogens is 222 g/mol. The van der Waals surface area contributed by atoms with E-state index in [2.05, 4.69) is 42.1 Å². The van der Waals surface area contributed by atoms with Crippen LogP contribution in [0.3, 0.4) is 0 Å². The topological polar surface area (TPSA) is 29.9 Å². The quantitative estimate of drug-likeness (QED) is 0.643. The maximum absolute atomic E-state index is 4.57. The Morgan fingerprint density at radius 3 is 2.56 bits per heavy atom. The Labute approximate surface area is 112 Å². The summed E-state index contributed by atoms with van der Waals surface area (Å²) in [5.74, 6) is 0. The van der Waals surface area contributed by atoms with Crippen molar-refractivity contribution in [1.29, 1.82) is 0 Å². The monoisotopic (exact) mass is 251 g/mol. The molecule has 3 nitrogen and oxygen atoms in total. The van der Waals surface area contributed by atoms with Crippen molar-refractivity contribution in [3.8, 4) is 0 Å². The molecule has 1 aromatic rings. The molecule has 18 heavy (non-hydrogen) atoms. The second-order valence-electron chi connectivity index (χ2n) is 5.05. The average molecular weight is 251 g/mol. The van der Waals surface area contributed by atoms with E-state index in [1.807, 2.05) is 0 Å². The minimum Gasteiger partial charge on any atom is -0.313 e. The Bertz CT molecular complexity index is 318. The zero-order valence-corrected chi connectivity index (χ0v) is 12.3. The van der Waals surface area contributed by atoms with Gasteiger partial charge in [0.05, 0.1) is 5.69 Å². The van der Waals surface area contributed by atoms with Crippen molar-refractivity contribution in [2.24, 2.45) is 0 Å². The molecule has 0 aliphatic carbocycles. The summed E-state index contributed by atoms with van der Waals surface area (Å²) in [5, 5.41) is 7.93. The van der Waals surface area contributed by atoms with Gasteiger partial charge in [0.25, 0.3) is 0 Å². The van der Waals surface area contributed by atoms with Gasteiger partial charge >= 0.3 is 0 Å². The first-order chi connectivity index (χ1) is 8.77. The van der Waals surface area contributed by atoms with Gasteiger partial charge in [-0.15, -0.1) is 0 Å². The summed E-state index contributed by atoms with van der Waals surface area (Å²) in [6.45, 7) is 9.53. The van der Waals surface area contributed by atoms with Gasteiger partial charge in [0.2, 0.25) is 0 Å². The molecule has 0 aromatic carbocycles. The highest BCUT2D eigenvalue weighted by Gasteiger charge is 2.03. The minimum absolute atomic E-state index is 0.943. The number of aryl methyl sites for hydroxylation is 2. The fraction of sp³-hybridized carbons (Fsp3) is 0.800. The van der Waals surface area contributed by atoms with Crippen molar-refractivity contribution in [3.05, 3.63) is 17.5 Å². The molecule has 0 atom stereocenters. The van der Waals surface area contributed by atoms with Crippen LogP contribution in [-0.4, -0.2) is 16.3 Å². The van der Waals surface area contributed by atoms with E-state index >= 15 is 0 Å². The number of hydrogen-bond donors (Lipinski definition) is 1. The lowest BCUT2D eigenvalue weighted by Gasteiger charge is -2.01. The molecule has 0 amide bonds. The van der Waals surface area contributed by atoms with Crippen LogP contribution in [0.4, 0.5) is 0 Å². The fourth-order valence-corrected chi connectivity index (χ4v) is 2.16. The van der Waals surface area contributed by atoms with Crippen molar-refractivity contribution < 1.29 is 0 Å². The fourth-order valence-electron chi connectivity index (χ4n) is 2.16. The highest BCUT2D eigenvalue weighted by atomic mass is 15.3. The van der Waals surface area contributed by atoms with Gasteiger partial charge in [-0.25, -0.2) is 0 Å². The zero-order valence-electron chi connectivity index (χ0n) is 12.3. The molecule has 0 aliphatic heterocycles. The second-order valence-corrected chi connectivity index (χ2v) is 5.05. The number of rotatable bonds is 10. The van der Waals surface area contributed by atoms with E-state index < -0.39 is 0 Å². The summed E-state index contributed by atoms with van der Waals surface area (Å²) in [5.41, 5.74) is 2.50. The summed E-state index contributed by atoms with van der Waals surface area (Å²) in [6, 6.07) is 0. The summed E-state index contributed by atoms with van der Waals surface area (Å²) >= 11 is 0. The van der Waals surface area contributed by atoms with Gasteiger partial charge in [0.15, 0.2) is 0 Å². The van der Waals surface area contributed by atoms with Crippen LogP contribution in [0.25, 0.3) is 0 Å². The van der Waals surface area contributed by atoms with E-state index in [-0.39, 0.29) is 0 Å². The largest absolute Gasteiger partial charge is 0.313 e. The van der Waals surface area contributed by atoms with Gasteiger partial charge in [0.1, 0.15) is 0 Å². The number of hydrogen-bond acceptors (Lipinski definition) is 2. The van der Waals surface area contributed by atoms with Crippen LogP contribution in [0.2, 0.25) is 0 Å². The highest BCUT2D eigenvalue weighted by molar-refractivity contribution is 5.14. The maximum Gasteiger partial charge on any atom is 0.0638 e. The number of unbranched alkanes of at least 4 members (excludes halogenated alkanes) is 5. The van der Waals surface area contributed by atoms with Crippen LogP contribution in [0.1, 0.15) is 63.6 Å². The molecule has 1 aromatic heterocycles. The molecule has 0 unspecified atom stereocenters. The third-order valence-electron chi connectivity index (χ3n) is 3.35. The predicted octanol–water partition coefficient (Wildman–Crippen LogP) is 3.66. The van der Waals surface area contributed by atoms with E-state index in [1.165, 1.54) is 49.8 Å². The summed E-state index contributed by atoms with van der Waals surface area (Å²) in [6.07, 6.45) is 10.3. The normalized spacial score (nSPS) is 11.1. The summed E-state index contributed by atoms with van der Waals surface area (Å²) < 4.78 is 2.11. The van der Waals surface area contributed by atoms with E-state index in [0.29, 0.717) is 0 Å². The van der Waals surface area contributed by atoms with Gasteiger partial charge in [-0.2, -0.15) is 5.10 Å². The Balaban J connectivity index is 2.21. The van der Waals surface area contributed by atoms with E-state index in [4.69, 9.17) is 0 Å². The van der Waals surface area contributed by atoms with Gasteiger partial charge in [-0.05, 0) is 19.9 Å². The van der Waals surface area contributed by atoms with Crippen LogP contribution < -0.4 is 5.32 Å². The first-order valence-electron chi connectivity index (χ1n) is 7.51. The highest BCUT2D eigenvalue weighted by Crippen LogP contribution is 2.09. The minimum atomic E-state index is 0.943. The number of aromatic nitrogens is 2. The van der Waals surface area contributed by atoms with Crippen molar-refractivity contribution in [2.45, 2.75) is 72.4 Å². The van der Waals surface area contributed by atoms with Gasteiger partial charge in [0, 0.05) is 24.8 Å². The lowest BCUT2D eigenvalue weighted by atomic mass is 10.1. The Morgan fingerprint density at radius 2 is 1.83 bits per heavy atom. The molecule has 0 saturated heterocycles. The molecule has 0 bridgehead atoms. The third kappa shape index (κ3) is 5.67. The molecule has 1 rings (SSSR count). The molecule has 3 heteroatoms.